The van der Waals surface area contributed by atoms with Gasteiger partial charge in [0, 0.05) is 11.8 Å². The number of nitrogens with one attached hydrogen (secondary N) is 1. The summed E-state index contributed by atoms with van der Waals surface area (Å²) in [6.45, 7) is 0.182. The van der Waals surface area contributed by atoms with Crippen molar-refractivity contribution in [3.63, 3.8) is 0 Å². The minimum Gasteiger partial charge on any atom is -0.424 e. The van der Waals surface area contributed by atoms with Crippen molar-refractivity contribution in [1.29, 1.82) is 0 Å². The molecule has 0 atom stereocenters. The predicted octanol–water partition coefficient (Wildman–Crippen LogP) is 5.43. The summed E-state index contributed by atoms with van der Waals surface area (Å²) in [7, 11) is 0. The van der Waals surface area contributed by atoms with Crippen LogP contribution >= 0.6 is 23.2 Å². The predicted molar refractivity (Wildman–Crippen MR) is 115 cm³/mol. The molecule has 0 bridgehead atoms. The molecule has 3 aromatic heterocycles. The quantitative estimate of drug-likeness (QED) is 0.283. The highest BCUT2D eigenvalue weighted by Crippen LogP contribution is 2.32. The van der Waals surface area contributed by atoms with Gasteiger partial charge in [-0.2, -0.15) is 13.2 Å². The third-order valence-corrected chi connectivity index (χ3v) is 4.92. The van der Waals surface area contributed by atoms with Crippen LogP contribution in [0.25, 0.3) is 16.4 Å². The van der Waals surface area contributed by atoms with Gasteiger partial charge in [0.05, 0.1) is 11.1 Å². The highest BCUT2D eigenvalue weighted by Gasteiger charge is 2.30. The maximum atomic E-state index is 12.8. The summed E-state index contributed by atoms with van der Waals surface area (Å²) in [6, 6.07) is 6.67. The molecule has 0 saturated carbocycles. The fraction of sp³-hybridized carbons (Fsp3) is 0.100. The van der Waals surface area contributed by atoms with E-state index in [2.05, 4.69) is 30.9 Å². The molecule has 3 heterocycles. The molecule has 14 heteroatoms. The molecule has 0 saturated heterocycles. The zero-order chi connectivity index (χ0) is 24.3. The number of amides is 2. The normalized spacial score (nSPS) is 11.3. The molecule has 0 unspecified atom stereocenters. The lowest BCUT2D eigenvalue weighted by Gasteiger charge is -2.15. The molecule has 0 aliphatic carbocycles. The standard InChI is InChI=1S/C20H12Cl2F3N7O2/c21-17-16(18(22)28-10-27-17)11-4-5-14(26-7-11)8-32-9-15(34-31-32)30-19(33)29-13-3-1-2-12(6-13)20(23,24)25/h1-7,9-10H,8H2,(H-,29,30,31,33). The number of pyridine rings is 1. The van der Waals surface area contributed by atoms with Crippen molar-refractivity contribution in [2.24, 2.45) is 0 Å². The molecule has 0 fully saturated rings. The Morgan fingerprint density at radius 3 is 2.56 bits per heavy atom. The van der Waals surface area contributed by atoms with Gasteiger partial charge in [-0.3, -0.25) is 9.78 Å². The van der Waals surface area contributed by atoms with Crippen molar-refractivity contribution < 1.29 is 27.2 Å². The van der Waals surface area contributed by atoms with E-state index in [1.165, 1.54) is 29.3 Å². The van der Waals surface area contributed by atoms with Crippen LogP contribution in [0.15, 0.2) is 59.6 Å². The second kappa shape index (κ2) is 9.61. The van der Waals surface area contributed by atoms with E-state index < -0.39 is 17.8 Å². The summed E-state index contributed by atoms with van der Waals surface area (Å²) < 4.78 is 44.7. The summed E-state index contributed by atoms with van der Waals surface area (Å²) in [5.41, 5.74) is 0.694. The molecule has 0 spiro atoms. The maximum absolute atomic E-state index is 12.8. The Kier molecular flexibility index (Phi) is 6.61. The first-order valence-electron chi connectivity index (χ1n) is 9.37. The summed E-state index contributed by atoms with van der Waals surface area (Å²) in [5, 5.41) is 10.0. The van der Waals surface area contributed by atoms with Gasteiger partial charge in [-0.05, 0) is 22.5 Å². The Morgan fingerprint density at radius 2 is 1.88 bits per heavy atom. The molecule has 0 aliphatic rings. The zero-order valence-corrected chi connectivity index (χ0v) is 18.3. The lowest BCUT2D eigenvalue weighted by molar-refractivity contribution is -0.755. The van der Waals surface area contributed by atoms with E-state index in [4.69, 9.17) is 27.7 Å². The van der Waals surface area contributed by atoms with Crippen molar-refractivity contribution in [3.8, 4) is 11.1 Å². The molecular weight excluding hydrogens is 498 g/mol. The van der Waals surface area contributed by atoms with Crippen molar-refractivity contribution in [2.45, 2.75) is 12.7 Å². The number of aromatic nitrogens is 5. The number of hydrogen-bond acceptors (Lipinski definition) is 6. The Morgan fingerprint density at radius 1 is 1.12 bits per heavy atom. The van der Waals surface area contributed by atoms with Gasteiger partial charge in [0.1, 0.15) is 22.3 Å². The SMILES string of the molecule is O=C([N-]c1c[n+](Cc2ccc(-c3c(Cl)ncnc3Cl)cn2)no1)Nc1cccc(C(F)(F)F)c1. The molecule has 1 aromatic carbocycles. The third-order valence-electron chi connectivity index (χ3n) is 4.34. The molecule has 4 rings (SSSR count). The third kappa shape index (κ3) is 5.58. The zero-order valence-electron chi connectivity index (χ0n) is 16.8. The minimum absolute atomic E-state index is 0.0655. The monoisotopic (exact) mass is 509 g/mol. The van der Waals surface area contributed by atoms with Crippen molar-refractivity contribution in [1.82, 2.24) is 20.2 Å². The number of carbonyl (C=O) groups is 1. The van der Waals surface area contributed by atoms with Crippen molar-refractivity contribution in [2.75, 3.05) is 5.32 Å². The first-order chi connectivity index (χ1) is 16.2. The van der Waals surface area contributed by atoms with Gasteiger partial charge in [-0.15, -0.1) is 0 Å². The Labute approximate surface area is 199 Å². The van der Waals surface area contributed by atoms with Gasteiger partial charge in [0.15, 0.2) is 11.3 Å². The average molecular weight is 510 g/mol. The van der Waals surface area contributed by atoms with Crippen LogP contribution in [0.3, 0.4) is 0 Å². The Balaban J connectivity index is 1.38. The Bertz CT molecular complexity index is 1310. The van der Waals surface area contributed by atoms with Crippen LogP contribution in [0.5, 0.6) is 0 Å². The summed E-state index contributed by atoms with van der Waals surface area (Å²) in [5.74, 6) is -0.152. The van der Waals surface area contributed by atoms with Crippen LogP contribution < -0.4 is 10.00 Å². The number of urea groups is 1. The largest absolute Gasteiger partial charge is 0.424 e. The second-order valence-electron chi connectivity index (χ2n) is 6.73. The molecule has 9 nitrogen and oxygen atoms in total. The molecule has 34 heavy (non-hydrogen) atoms. The summed E-state index contributed by atoms with van der Waals surface area (Å²) >= 11 is 12.1. The van der Waals surface area contributed by atoms with E-state index >= 15 is 0 Å². The van der Waals surface area contributed by atoms with Crippen LogP contribution in [0.4, 0.5) is 29.5 Å². The minimum atomic E-state index is -4.53. The maximum Gasteiger partial charge on any atom is 0.416 e. The molecule has 174 valence electrons. The fourth-order valence-electron chi connectivity index (χ4n) is 2.83. The van der Waals surface area contributed by atoms with Crippen LogP contribution in [0, 0.1) is 0 Å². The van der Waals surface area contributed by atoms with Crippen LogP contribution in [0.2, 0.25) is 10.3 Å². The van der Waals surface area contributed by atoms with E-state index in [-0.39, 0.29) is 28.4 Å². The fourth-order valence-corrected chi connectivity index (χ4v) is 3.36. The van der Waals surface area contributed by atoms with E-state index in [0.717, 1.165) is 12.1 Å². The number of alkyl halides is 3. The molecule has 0 radical (unpaired) electrons. The van der Waals surface area contributed by atoms with E-state index in [1.54, 1.807) is 18.3 Å². The number of nitrogens with zero attached hydrogens (tertiary/aromatic N) is 6. The highest BCUT2D eigenvalue weighted by atomic mass is 35.5. The van der Waals surface area contributed by atoms with Gasteiger partial charge in [-0.1, -0.05) is 47.5 Å². The highest BCUT2D eigenvalue weighted by molar-refractivity contribution is 6.37. The lowest BCUT2D eigenvalue weighted by atomic mass is 10.1. The van der Waals surface area contributed by atoms with Crippen LogP contribution in [-0.2, 0) is 12.7 Å². The van der Waals surface area contributed by atoms with E-state index in [0.29, 0.717) is 16.8 Å². The Hall–Kier alpha value is -3.77. The second-order valence-corrected chi connectivity index (χ2v) is 7.44. The molecule has 1 N–H and O–H groups in total. The first-order valence-corrected chi connectivity index (χ1v) is 10.1. The number of anilines is 1. The van der Waals surface area contributed by atoms with Crippen LogP contribution in [0.1, 0.15) is 11.3 Å². The molecular formula is C20H12Cl2F3N7O2. The topological polar surface area (TPSA) is 112 Å². The molecule has 2 amide bonds. The number of carbonyl (C=O) groups excluding carboxylic acids is 1. The number of rotatable bonds is 5. The average Bonchev–Trinajstić information content (AvgIpc) is 3.21. The van der Waals surface area contributed by atoms with Gasteiger partial charge in [0.2, 0.25) is 18.6 Å². The molecule has 4 aromatic rings. The van der Waals surface area contributed by atoms with Gasteiger partial charge < -0.3 is 15.2 Å². The van der Waals surface area contributed by atoms with Gasteiger partial charge >= 0.3 is 6.18 Å². The van der Waals surface area contributed by atoms with Gasteiger partial charge in [-0.25, -0.2) is 9.97 Å². The lowest BCUT2D eigenvalue weighted by Crippen LogP contribution is -2.35. The summed E-state index contributed by atoms with van der Waals surface area (Å²) in [6.07, 6.45) is -0.409. The number of halogens is 5. The first kappa shape index (κ1) is 23.4. The van der Waals surface area contributed by atoms with Gasteiger partial charge in [0.25, 0.3) is 0 Å². The van der Waals surface area contributed by atoms with Crippen molar-refractivity contribution in [3.05, 3.63) is 82.0 Å². The van der Waals surface area contributed by atoms with Crippen molar-refractivity contribution >= 4 is 40.8 Å². The van der Waals surface area contributed by atoms with Crippen LogP contribution in [-0.4, -0.2) is 26.3 Å². The summed E-state index contributed by atoms with van der Waals surface area (Å²) in [4.78, 5) is 24.1. The molecule has 0 aliphatic heterocycles. The smallest absolute Gasteiger partial charge is 0.416 e. The van der Waals surface area contributed by atoms with E-state index in [1.807, 2.05) is 0 Å². The number of hydrogen-bond donors (Lipinski definition) is 1. The van der Waals surface area contributed by atoms with E-state index in [9.17, 15) is 18.0 Å². The number of benzene rings is 1.